The lowest BCUT2D eigenvalue weighted by Crippen LogP contribution is -2.14. The van der Waals surface area contributed by atoms with Crippen molar-refractivity contribution in [1.82, 2.24) is 0 Å². The lowest BCUT2D eigenvalue weighted by molar-refractivity contribution is -0.115. The van der Waals surface area contributed by atoms with Crippen molar-refractivity contribution in [3.8, 4) is 0 Å². The Balaban J connectivity index is 1.56. The van der Waals surface area contributed by atoms with Crippen molar-refractivity contribution < 1.29 is 9.59 Å². The van der Waals surface area contributed by atoms with E-state index < -0.39 is 0 Å². The predicted octanol–water partition coefficient (Wildman–Crippen LogP) is 5.61. The minimum Gasteiger partial charge on any atom is -0.326 e. The van der Waals surface area contributed by atoms with E-state index in [1.54, 1.807) is 0 Å². The van der Waals surface area contributed by atoms with Gasteiger partial charge >= 0.3 is 0 Å². The third kappa shape index (κ3) is 6.08. The Morgan fingerprint density at radius 3 is 2.37 bits per heavy atom. The molecule has 0 spiro atoms. The van der Waals surface area contributed by atoms with E-state index in [4.69, 9.17) is 0 Å². The fourth-order valence-corrected chi connectivity index (χ4v) is 3.63. The van der Waals surface area contributed by atoms with E-state index in [0.29, 0.717) is 17.7 Å². The van der Waals surface area contributed by atoms with Crippen LogP contribution in [0.5, 0.6) is 0 Å². The summed E-state index contributed by atoms with van der Waals surface area (Å²) in [6.07, 6.45) is 0.334. The van der Waals surface area contributed by atoms with Crippen LogP contribution in [0.15, 0.2) is 88.2 Å². The number of hydrogen-bond acceptors (Lipinski definition) is 3. The Bertz CT molecular complexity index is 927. The van der Waals surface area contributed by atoms with E-state index >= 15 is 0 Å². The number of ketones is 1. The van der Waals surface area contributed by atoms with Crippen molar-refractivity contribution in [2.24, 2.45) is 0 Å². The standard InChI is InChI=1S/C22H18BrNO2S/c23-18-11-9-17(10-12-18)21(25)15-27-20-8-4-7-19(14-20)24-22(26)13-16-5-2-1-3-6-16/h1-12,14H,13,15H2,(H,24,26). The van der Waals surface area contributed by atoms with Gasteiger partial charge in [0.2, 0.25) is 5.91 Å². The summed E-state index contributed by atoms with van der Waals surface area (Å²) in [5.41, 5.74) is 2.40. The first-order valence-electron chi connectivity index (χ1n) is 8.45. The van der Waals surface area contributed by atoms with Crippen LogP contribution < -0.4 is 5.32 Å². The highest BCUT2D eigenvalue weighted by atomic mass is 79.9. The van der Waals surface area contributed by atoms with Crippen molar-refractivity contribution in [1.29, 1.82) is 0 Å². The molecule has 0 radical (unpaired) electrons. The molecule has 0 atom stereocenters. The van der Waals surface area contributed by atoms with Crippen LogP contribution in [0, 0.1) is 0 Å². The maximum atomic E-state index is 12.3. The highest BCUT2D eigenvalue weighted by Crippen LogP contribution is 2.23. The minimum absolute atomic E-state index is 0.0608. The molecule has 3 aromatic carbocycles. The summed E-state index contributed by atoms with van der Waals surface area (Å²) in [6.45, 7) is 0. The average Bonchev–Trinajstić information content (AvgIpc) is 2.67. The molecular weight excluding hydrogens is 422 g/mol. The summed E-state index contributed by atoms with van der Waals surface area (Å²) in [6, 6.07) is 24.5. The molecule has 27 heavy (non-hydrogen) atoms. The highest BCUT2D eigenvalue weighted by molar-refractivity contribution is 9.10. The van der Waals surface area contributed by atoms with Crippen LogP contribution in [-0.2, 0) is 11.2 Å². The van der Waals surface area contributed by atoms with Crippen molar-refractivity contribution in [3.05, 3.63) is 94.5 Å². The molecule has 136 valence electrons. The molecule has 0 saturated heterocycles. The van der Waals surface area contributed by atoms with E-state index in [9.17, 15) is 9.59 Å². The lowest BCUT2D eigenvalue weighted by Gasteiger charge is -2.08. The molecule has 0 saturated carbocycles. The second-order valence-corrected chi connectivity index (χ2v) is 7.92. The number of halogens is 1. The van der Waals surface area contributed by atoms with Gasteiger partial charge in [-0.1, -0.05) is 64.5 Å². The molecule has 0 bridgehead atoms. The molecule has 0 aliphatic carbocycles. The molecule has 1 amide bonds. The third-order valence-corrected chi connectivity index (χ3v) is 5.38. The van der Waals surface area contributed by atoms with Gasteiger partial charge in [0.1, 0.15) is 0 Å². The Kier molecular flexibility index (Phi) is 6.85. The number of carbonyl (C=O) groups excluding carboxylic acids is 2. The van der Waals surface area contributed by atoms with Gasteiger partial charge in [-0.3, -0.25) is 9.59 Å². The van der Waals surface area contributed by atoms with Gasteiger partial charge in [-0.05, 0) is 35.9 Å². The Morgan fingerprint density at radius 2 is 1.63 bits per heavy atom. The number of anilines is 1. The lowest BCUT2D eigenvalue weighted by atomic mass is 10.1. The second kappa shape index (κ2) is 9.53. The maximum Gasteiger partial charge on any atom is 0.228 e. The molecule has 0 aromatic heterocycles. The number of carbonyl (C=O) groups is 2. The van der Waals surface area contributed by atoms with Crippen LogP contribution in [0.1, 0.15) is 15.9 Å². The van der Waals surface area contributed by atoms with Gasteiger partial charge in [-0.15, -0.1) is 11.8 Å². The predicted molar refractivity (Wildman–Crippen MR) is 114 cm³/mol. The van der Waals surface area contributed by atoms with E-state index in [2.05, 4.69) is 21.2 Å². The van der Waals surface area contributed by atoms with Gasteiger partial charge < -0.3 is 5.32 Å². The van der Waals surface area contributed by atoms with E-state index in [1.807, 2.05) is 78.9 Å². The summed E-state index contributed by atoms with van der Waals surface area (Å²) in [4.78, 5) is 25.4. The zero-order valence-corrected chi connectivity index (χ0v) is 16.9. The first-order valence-corrected chi connectivity index (χ1v) is 10.2. The summed E-state index contributed by atoms with van der Waals surface area (Å²) in [7, 11) is 0. The highest BCUT2D eigenvalue weighted by Gasteiger charge is 2.08. The van der Waals surface area contributed by atoms with Crippen LogP contribution in [0.2, 0.25) is 0 Å². The van der Waals surface area contributed by atoms with E-state index in [0.717, 1.165) is 20.6 Å². The van der Waals surface area contributed by atoms with Crippen LogP contribution >= 0.6 is 27.7 Å². The molecule has 3 rings (SSSR count). The molecule has 3 nitrogen and oxygen atoms in total. The molecule has 0 aliphatic rings. The van der Waals surface area contributed by atoms with Gasteiger partial charge in [-0.25, -0.2) is 0 Å². The van der Waals surface area contributed by atoms with Crippen molar-refractivity contribution in [3.63, 3.8) is 0 Å². The number of hydrogen-bond donors (Lipinski definition) is 1. The van der Waals surface area contributed by atoms with Gasteiger partial charge in [0, 0.05) is 20.6 Å². The van der Waals surface area contributed by atoms with Gasteiger partial charge in [-0.2, -0.15) is 0 Å². The molecule has 0 unspecified atom stereocenters. The third-order valence-electron chi connectivity index (χ3n) is 3.86. The molecule has 0 fully saturated rings. The smallest absolute Gasteiger partial charge is 0.228 e. The van der Waals surface area contributed by atoms with Gasteiger partial charge in [0.15, 0.2) is 5.78 Å². The Labute approximate surface area is 171 Å². The summed E-state index contributed by atoms with van der Waals surface area (Å²) in [5.74, 6) is 0.364. The Hall–Kier alpha value is -2.37. The van der Waals surface area contributed by atoms with Crippen LogP contribution in [0.4, 0.5) is 5.69 Å². The summed E-state index contributed by atoms with van der Waals surface area (Å²) in [5, 5.41) is 2.91. The zero-order chi connectivity index (χ0) is 19.1. The molecule has 1 N–H and O–H groups in total. The molecule has 0 aliphatic heterocycles. The first kappa shape index (κ1) is 19.4. The SMILES string of the molecule is O=C(Cc1ccccc1)Nc1cccc(SCC(=O)c2ccc(Br)cc2)c1. The number of rotatable bonds is 7. The van der Waals surface area contributed by atoms with E-state index in [-0.39, 0.29) is 11.7 Å². The first-order chi connectivity index (χ1) is 13.1. The van der Waals surface area contributed by atoms with Gasteiger partial charge in [0.25, 0.3) is 0 Å². The molecule has 3 aromatic rings. The normalized spacial score (nSPS) is 10.4. The largest absolute Gasteiger partial charge is 0.326 e. The van der Waals surface area contributed by atoms with Crippen molar-refractivity contribution >= 4 is 45.1 Å². The number of thioether (sulfide) groups is 1. The number of nitrogens with one attached hydrogen (secondary N) is 1. The summed E-state index contributed by atoms with van der Waals surface area (Å²) >= 11 is 4.83. The quantitative estimate of drug-likeness (QED) is 0.384. The monoisotopic (exact) mass is 439 g/mol. The number of amides is 1. The van der Waals surface area contributed by atoms with Crippen LogP contribution in [-0.4, -0.2) is 17.4 Å². The fourth-order valence-electron chi connectivity index (χ4n) is 2.52. The fraction of sp³-hybridized carbons (Fsp3) is 0.0909. The molecule has 0 heterocycles. The topological polar surface area (TPSA) is 46.2 Å². The Morgan fingerprint density at radius 1 is 0.889 bits per heavy atom. The second-order valence-electron chi connectivity index (χ2n) is 5.96. The van der Waals surface area contributed by atoms with Crippen LogP contribution in [0.25, 0.3) is 0 Å². The van der Waals surface area contributed by atoms with Crippen molar-refractivity contribution in [2.45, 2.75) is 11.3 Å². The zero-order valence-electron chi connectivity index (χ0n) is 14.5. The average molecular weight is 440 g/mol. The number of benzene rings is 3. The molecule has 5 heteroatoms. The van der Waals surface area contributed by atoms with Gasteiger partial charge in [0.05, 0.1) is 12.2 Å². The molecular formula is C22H18BrNO2S. The maximum absolute atomic E-state index is 12.3. The summed E-state index contributed by atoms with van der Waals surface area (Å²) < 4.78 is 0.950. The van der Waals surface area contributed by atoms with E-state index in [1.165, 1.54) is 11.8 Å². The number of Topliss-reactive ketones (excluding diaryl/α,β-unsaturated/α-hetero) is 1. The van der Waals surface area contributed by atoms with Crippen LogP contribution in [0.3, 0.4) is 0 Å². The minimum atomic E-state index is -0.0608. The van der Waals surface area contributed by atoms with Crippen molar-refractivity contribution in [2.75, 3.05) is 11.1 Å².